The van der Waals surface area contributed by atoms with Crippen molar-refractivity contribution < 1.29 is 9.18 Å². The highest BCUT2D eigenvalue weighted by Crippen LogP contribution is 2.23. The molecule has 0 aliphatic heterocycles. The fourth-order valence-electron chi connectivity index (χ4n) is 1.81. The normalized spacial score (nSPS) is 9.09. The molecule has 0 aromatic heterocycles. The summed E-state index contributed by atoms with van der Waals surface area (Å²) < 4.78 is 13.9. The summed E-state index contributed by atoms with van der Waals surface area (Å²) in [6.45, 7) is 15.9. The Morgan fingerprint density at radius 3 is 2.30 bits per heavy atom. The van der Waals surface area contributed by atoms with Crippen LogP contribution >= 0.6 is 0 Å². The first-order chi connectivity index (χ1) is 11.0. The Morgan fingerprint density at radius 1 is 1.30 bits per heavy atom. The van der Waals surface area contributed by atoms with Gasteiger partial charge in [0.05, 0.1) is 0 Å². The molecule has 3 nitrogen and oxygen atoms in total. The number of amides is 1. The molecule has 0 aliphatic carbocycles. The molecule has 1 aromatic rings. The van der Waals surface area contributed by atoms with Crippen molar-refractivity contribution in [2.45, 2.75) is 53.9 Å². The summed E-state index contributed by atoms with van der Waals surface area (Å²) in [5, 5.41) is 2.51. The molecule has 0 saturated carbocycles. The van der Waals surface area contributed by atoms with Gasteiger partial charge in [-0.3, -0.25) is 4.79 Å². The van der Waals surface area contributed by atoms with Gasteiger partial charge < -0.3 is 10.2 Å². The largest absolute Gasteiger partial charge is 0.374 e. The summed E-state index contributed by atoms with van der Waals surface area (Å²) in [6.07, 6.45) is 1.70. The fraction of sp³-hybridized carbons (Fsp3) is 0.526. The SMILES string of the molecule is C=CNC(=O)CCN(C)c1ccc(C(C)C)c(F)c1.CC.CC. The number of nitrogens with zero attached hydrogens (tertiary/aromatic N) is 1. The maximum atomic E-state index is 13.9. The molecule has 1 rings (SSSR count). The van der Waals surface area contributed by atoms with Crippen LogP contribution in [-0.4, -0.2) is 19.5 Å². The van der Waals surface area contributed by atoms with Crippen LogP contribution in [0.25, 0.3) is 0 Å². The minimum absolute atomic E-state index is 0.0962. The van der Waals surface area contributed by atoms with Crippen LogP contribution in [0.1, 0.15) is 59.4 Å². The maximum absolute atomic E-state index is 13.9. The predicted molar refractivity (Wildman–Crippen MR) is 99.4 cm³/mol. The number of benzene rings is 1. The third-order valence-corrected chi connectivity index (χ3v) is 2.98. The monoisotopic (exact) mass is 324 g/mol. The van der Waals surface area contributed by atoms with Crippen molar-refractivity contribution in [1.82, 2.24) is 5.32 Å². The molecule has 0 bridgehead atoms. The van der Waals surface area contributed by atoms with Crippen molar-refractivity contribution in [2.75, 3.05) is 18.5 Å². The van der Waals surface area contributed by atoms with Gasteiger partial charge >= 0.3 is 0 Å². The van der Waals surface area contributed by atoms with Crippen LogP contribution in [0, 0.1) is 5.82 Å². The topological polar surface area (TPSA) is 32.3 Å². The van der Waals surface area contributed by atoms with E-state index in [4.69, 9.17) is 0 Å². The number of carbonyl (C=O) groups excluding carboxylic acids is 1. The Hall–Kier alpha value is -1.84. The van der Waals surface area contributed by atoms with Gasteiger partial charge in [0.1, 0.15) is 5.82 Å². The van der Waals surface area contributed by atoms with Crippen molar-refractivity contribution in [3.05, 3.63) is 42.4 Å². The second-order valence-electron chi connectivity index (χ2n) is 4.80. The molecular weight excluding hydrogens is 291 g/mol. The van der Waals surface area contributed by atoms with Gasteiger partial charge in [-0.1, -0.05) is 54.2 Å². The molecule has 0 saturated heterocycles. The van der Waals surface area contributed by atoms with Crippen molar-refractivity contribution in [1.29, 1.82) is 0 Å². The summed E-state index contributed by atoms with van der Waals surface area (Å²) in [5.74, 6) is -0.131. The van der Waals surface area contributed by atoms with Gasteiger partial charge in [-0.2, -0.15) is 0 Å². The quantitative estimate of drug-likeness (QED) is 0.790. The Balaban J connectivity index is 0. The molecule has 1 aromatic carbocycles. The van der Waals surface area contributed by atoms with E-state index in [2.05, 4.69) is 11.9 Å². The Bertz CT molecular complexity index is 459. The summed E-state index contributed by atoms with van der Waals surface area (Å²) in [7, 11) is 1.84. The van der Waals surface area contributed by atoms with Crippen LogP contribution in [0.15, 0.2) is 31.0 Å². The first-order valence-corrected chi connectivity index (χ1v) is 8.36. The zero-order valence-corrected chi connectivity index (χ0v) is 15.7. The van der Waals surface area contributed by atoms with Crippen molar-refractivity contribution in [2.24, 2.45) is 0 Å². The first kappa shape index (κ1) is 23.4. The Kier molecular flexibility index (Phi) is 14.1. The van der Waals surface area contributed by atoms with Crippen LogP contribution in [0.2, 0.25) is 0 Å². The van der Waals surface area contributed by atoms with E-state index in [-0.39, 0.29) is 17.6 Å². The van der Waals surface area contributed by atoms with E-state index >= 15 is 0 Å². The van der Waals surface area contributed by atoms with Gasteiger partial charge in [0.2, 0.25) is 5.91 Å². The average Bonchev–Trinajstić information content (AvgIpc) is 2.56. The lowest BCUT2D eigenvalue weighted by atomic mass is 10.0. The van der Waals surface area contributed by atoms with Gasteiger partial charge in [0, 0.05) is 25.7 Å². The third-order valence-electron chi connectivity index (χ3n) is 2.98. The minimum Gasteiger partial charge on any atom is -0.374 e. The molecule has 0 radical (unpaired) electrons. The molecular formula is C19H33FN2O. The number of hydrogen-bond acceptors (Lipinski definition) is 2. The lowest BCUT2D eigenvalue weighted by molar-refractivity contribution is -0.119. The zero-order chi connectivity index (χ0) is 18.4. The van der Waals surface area contributed by atoms with Crippen molar-refractivity contribution in [3.8, 4) is 0 Å². The number of anilines is 1. The molecule has 0 unspecified atom stereocenters. The van der Waals surface area contributed by atoms with Crippen LogP contribution in [0.3, 0.4) is 0 Å². The van der Waals surface area contributed by atoms with Crippen LogP contribution in [0.4, 0.5) is 10.1 Å². The number of nitrogens with one attached hydrogen (secondary N) is 1. The van der Waals surface area contributed by atoms with Gasteiger partial charge in [0.15, 0.2) is 0 Å². The fourth-order valence-corrected chi connectivity index (χ4v) is 1.81. The average molecular weight is 324 g/mol. The molecule has 4 heteroatoms. The molecule has 1 amide bonds. The number of rotatable bonds is 6. The zero-order valence-electron chi connectivity index (χ0n) is 15.7. The summed E-state index contributed by atoms with van der Waals surface area (Å²) in [5.41, 5.74) is 1.48. The van der Waals surface area contributed by atoms with E-state index in [1.807, 2.05) is 59.6 Å². The Morgan fingerprint density at radius 2 is 1.87 bits per heavy atom. The van der Waals surface area contributed by atoms with Crippen LogP contribution in [0.5, 0.6) is 0 Å². The molecule has 132 valence electrons. The van der Waals surface area contributed by atoms with Crippen molar-refractivity contribution >= 4 is 11.6 Å². The van der Waals surface area contributed by atoms with E-state index in [9.17, 15) is 9.18 Å². The van der Waals surface area contributed by atoms with E-state index in [0.717, 1.165) is 5.69 Å². The van der Waals surface area contributed by atoms with E-state index < -0.39 is 0 Å². The van der Waals surface area contributed by atoms with Gasteiger partial charge in [-0.25, -0.2) is 4.39 Å². The predicted octanol–water partition coefficient (Wildman–Crippen LogP) is 5.09. The van der Waals surface area contributed by atoms with E-state index in [1.165, 1.54) is 12.3 Å². The van der Waals surface area contributed by atoms with Gasteiger partial charge in [-0.05, 0) is 29.8 Å². The Labute approximate surface area is 141 Å². The highest BCUT2D eigenvalue weighted by atomic mass is 19.1. The smallest absolute Gasteiger partial charge is 0.225 e. The molecule has 23 heavy (non-hydrogen) atoms. The highest BCUT2D eigenvalue weighted by molar-refractivity contribution is 5.77. The number of halogens is 1. The molecule has 0 spiro atoms. The molecule has 0 atom stereocenters. The second-order valence-corrected chi connectivity index (χ2v) is 4.80. The maximum Gasteiger partial charge on any atom is 0.225 e. The molecule has 1 N–H and O–H groups in total. The second kappa shape index (κ2) is 13.8. The lowest BCUT2D eigenvalue weighted by Gasteiger charge is -2.20. The molecule has 0 fully saturated rings. The summed E-state index contributed by atoms with van der Waals surface area (Å²) >= 11 is 0. The van der Waals surface area contributed by atoms with Crippen molar-refractivity contribution in [3.63, 3.8) is 0 Å². The number of carbonyl (C=O) groups is 1. The van der Waals surface area contributed by atoms with Crippen LogP contribution in [-0.2, 0) is 4.79 Å². The third kappa shape index (κ3) is 9.01. The van der Waals surface area contributed by atoms with Gasteiger partial charge in [0.25, 0.3) is 0 Å². The van der Waals surface area contributed by atoms with Gasteiger partial charge in [-0.15, -0.1) is 0 Å². The lowest BCUT2D eigenvalue weighted by Crippen LogP contribution is -2.25. The van der Waals surface area contributed by atoms with Crippen LogP contribution < -0.4 is 10.2 Å². The van der Waals surface area contributed by atoms with E-state index in [0.29, 0.717) is 18.5 Å². The molecule has 0 heterocycles. The van der Waals surface area contributed by atoms with E-state index in [1.54, 1.807) is 6.07 Å². The summed E-state index contributed by atoms with van der Waals surface area (Å²) in [6, 6.07) is 5.19. The standard InChI is InChI=1S/C15H21FN2O.2C2H6/c1-5-17-15(19)8-9-18(4)12-6-7-13(11(2)3)14(16)10-12;2*1-2/h5-7,10-11H,1,8-9H2,2-4H3,(H,17,19);2*1-2H3. The first-order valence-electron chi connectivity index (χ1n) is 8.36. The molecule has 0 aliphatic rings. The summed E-state index contributed by atoms with van der Waals surface area (Å²) in [4.78, 5) is 13.2. The minimum atomic E-state index is -0.199. The number of hydrogen-bond donors (Lipinski definition) is 1. The highest BCUT2D eigenvalue weighted by Gasteiger charge is 2.10.